The lowest BCUT2D eigenvalue weighted by molar-refractivity contribution is 0.0695. The molecule has 4 heteroatoms. The third-order valence-corrected chi connectivity index (χ3v) is 2.86. The van der Waals surface area contributed by atoms with E-state index < -0.39 is 5.97 Å². The number of benzene rings is 1. The van der Waals surface area contributed by atoms with Gasteiger partial charge in [0, 0.05) is 0 Å². The Morgan fingerprint density at radius 2 is 1.89 bits per heavy atom. The third kappa shape index (κ3) is 2.14. The highest BCUT2D eigenvalue weighted by molar-refractivity contribution is 5.89. The molecule has 1 aromatic heterocycles. The molecule has 0 bridgehead atoms. The van der Waals surface area contributed by atoms with Crippen molar-refractivity contribution < 1.29 is 9.90 Å². The Kier molecular flexibility index (Phi) is 3.19. The molecule has 1 heterocycles. The van der Waals surface area contributed by atoms with Crippen molar-refractivity contribution in [2.45, 2.75) is 26.7 Å². The zero-order valence-corrected chi connectivity index (χ0v) is 10.7. The van der Waals surface area contributed by atoms with E-state index in [1.165, 1.54) is 6.20 Å². The smallest absolute Gasteiger partial charge is 0.339 e. The number of rotatable bonds is 3. The van der Waals surface area contributed by atoms with Gasteiger partial charge in [-0.25, -0.2) is 9.48 Å². The fraction of sp³-hybridized carbons (Fsp3) is 0.286. The molecule has 0 saturated carbocycles. The van der Waals surface area contributed by atoms with Crippen LogP contribution in [0.25, 0.3) is 5.69 Å². The molecule has 0 spiro atoms. The van der Waals surface area contributed by atoms with Crippen LogP contribution in [0.4, 0.5) is 0 Å². The molecule has 4 nitrogen and oxygen atoms in total. The van der Waals surface area contributed by atoms with E-state index in [9.17, 15) is 4.79 Å². The van der Waals surface area contributed by atoms with Crippen LogP contribution in [0.5, 0.6) is 0 Å². The average molecular weight is 244 g/mol. The molecule has 0 radical (unpaired) electrons. The van der Waals surface area contributed by atoms with Crippen molar-refractivity contribution in [3.63, 3.8) is 0 Å². The number of aromatic carboxylic acids is 1. The summed E-state index contributed by atoms with van der Waals surface area (Å²) in [7, 11) is 0. The molecule has 0 aliphatic rings. The highest BCUT2D eigenvalue weighted by Crippen LogP contribution is 2.23. The van der Waals surface area contributed by atoms with Crippen molar-refractivity contribution in [1.29, 1.82) is 0 Å². The van der Waals surface area contributed by atoms with E-state index in [0.717, 1.165) is 16.9 Å². The predicted molar refractivity (Wildman–Crippen MR) is 69.3 cm³/mol. The van der Waals surface area contributed by atoms with Crippen molar-refractivity contribution in [1.82, 2.24) is 9.78 Å². The van der Waals surface area contributed by atoms with Crippen molar-refractivity contribution in [3.8, 4) is 5.69 Å². The highest BCUT2D eigenvalue weighted by Gasteiger charge is 2.19. The Morgan fingerprint density at radius 1 is 1.28 bits per heavy atom. The van der Waals surface area contributed by atoms with E-state index in [-0.39, 0.29) is 11.5 Å². The predicted octanol–water partition coefficient (Wildman–Crippen LogP) is 3.00. The minimum Gasteiger partial charge on any atom is -0.478 e. The van der Waals surface area contributed by atoms with Gasteiger partial charge in [-0.2, -0.15) is 5.10 Å². The molecular weight excluding hydrogens is 228 g/mol. The lowest BCUT2D eigenvalue weighted by atomic mass is 10.1. The number of carboxylic acid groups (broad SMARTS) is 1. The maximum Gasteiger partial charge on any atom is 0.339 e. The summed E-state index contributed by atoms with van der Waals surface area (Å²) in [4.78, 5) is 11.2. The molecular formula is C14H16N2O2. The number of nitrogens with zero attached hydrogens (tertiary/aromatic N) is 2. The standard InChI is InChI=1S/C14H16N2O2/c1-9(2)13-12(14(17)18)8-15-16(13)11-6-4-10(3)5-7-11/h4-9H,1-3H3,(H,17,18). The largest absolute Gasteiger partial charge is 0.478 e. The Balaban J connectivity index is 2.57. The van der Waals surface area contributed by atoms with Crippen LogP contribution in [-0.4, -0.2) is 20.9 Å². The second-order valence-electron chi connectivity index (χ2n) is 4.65. The van der Waals surface area contributed by atoms with Crippen molar-refractivity contribution in [3.05, 3.63) is 47.3 Å². The molecule has 0 fully saturated rings. The van der Waals surface area contributed by atoms with Gasteiger partial charge in [0.05, 0.1) is 17.6 Å². The van der Waals surface area contributed by atoms with E-state index in [1.54, 1.807) is 4.68 Å². The maximum absolute atomic E-state index is 11.2. The van der Waals surface area contributed by atoms with Crippen LogP contribution in [-0.2, 0) is 0 Å². The summed E-state index contributed by atoms with van der Waals surface area (Å²) >= 11 is 0. The molecule has 1 aromatic carbocycles. The quantitative estimate of drug-likeness (QED) is 0.903. The van der Waals surface area contributed by atoms with Gasteiger partial charge in [0.2, 0.25) is 0 Å². The van der Waals surface area contributed by atoms with Gasteiger partial charge in [-0.15, -0.1) is 0 Å². The SMILES string of the molecule is Cc1ccc(-n2ncc(C(=O)O)c2C(C)C)cc1. The summed E-state index contributed by atoms with van der Waals surface area (Å²) in [5.41, 5.74) is 3.05. The summed E-state index contributed by atoms with van der Waals surface area (Å²) in [6.45, 7) is 5.95. The zero-order valence-electron chi connectivity index (χ0n) is 10.7. The van der Waals surface area contributed by atoms with Crippen molar-refractivity contribution in [2.75, 3.05) is 0 Å². The van der Waals surface area contributed by atoms with E-state index in [2.05, 4.69) is 5.10 Å². The molecule has 1 N–H and O–H groups in total. The molecule has 0 saturated heterocycles. The molecule has 0 aliphatic heterocycles. The zero-order chi connectivity index (χ0) is 13.3. The van der Waals surface area contributed by atoms with Gasteiger partial charge in [-0.05, 0) is 25.0 Å². The molecule has 94 valence electrons. The van der Waals surface area contributed by atoms with Gasteiger partial charge in [-0.3, -0.25) is 0 Å². The molecule has 18 heavy (non-hydrogen) atoms. The molecule has 0 unspecified atom stereocenters. The Hall–Kier alpha value is -2.10. The fourth-order valence-corrected chi connectivity index (χ4v) is 1.97. The Bertz CT molecular complexity index is 568. The van der Waals surface area contributed by atoms with Crippen LogP contribution < -0.4 is 0 Å². The van der Waals surface area contributed by atoms with Gasteiger partial charge in [-0.1, -0.05) is 31.5 Å². The molecule has 0 atom stereocenters. The van der Waals surface area contributed by atoms with Crippen molar-refractivity contribution >= 4 is 5.97 Å². The normalized spacial score (nSPS) is 10.9. The van der Waals surface area contributed by atoms with E-state index in [1.807, 2.05) is 45.0 Å². The van der Waals surface area contributed by atoms with Gasteiger partial charge < -0.3 is 5.11 Å². The van der Waals surface area contributed by atoms with E-state index in [0.29, 0.717) is 0 Å². The molecule has 2 aromatic rings. The topological polar surface area (TPSA) is 55.1 Å². The summed E-state index contributed by atoms with van der Waals surface area (Å²) in [5.74, 6) is -0.836. The van der Waals surface area contributed by atoms with Gasteiger partial charge in [0.1, 0.15) is 5.56 Å². The van der Waals surface area contributed by atoms with Crippen LogP contribution >= 0.6 is 0 Å². The van der Waals surface area contributed by atoms with Crippen LogP contribution in [0.1, 0.15) is 41.4 Å². The first-order chi connectivity index (χ1) is 8.50. The highest BCUT2D eigenvalue weighted by atomic mass is 16.4. The average Bonchev–Trinajstić information content (AvgIpc) is 2.74. The summed E-state index contributed by atoms with van der Waals surface area (Å²) in [5, 5.41) is 13.4. The summed E-state index contributed by atoms with van der Waals surface area (Å²) < 4.78 is 1.70. The second-order valence-corrected chi connectivity index (χ2v) is 4.65. The Morgan fingerprint density at radius 3 is 2.39 bits per heavy atom. The van der Waals surface area contributed by atoms with Crippen molar-refractivity contribution in [2.24, 2.45) is 0 Å². The van der Waals surface area contributed by atoms with Crippen LogP contribution in [0.15, 0.2) is 30.5 Å². The first-order valence-electron chi connectivity index (χ1n) is 5.89. The number of aromatic nitrogens is 2. The molecule has 0 aliphatic carbocycles. The number of hydrogen-bond acceptors (Lipinski definition) is 2. The summed E-state index contributed by atoms with van der Waals surface area (Å²) in [6.07, 6.45) is 1.41. The maximum atomic E-state index is 11.2. The monoisotopic (exact) mass is 244 g/mol. The first kappa shape index (κ1) is 12.4. The fourth-order valence-electron chi connectivity index (χ4n) is 1.97. The first-order valence-corrected chi connectivity index (χ1v) is 5.89. The third-order valence-electron chi connectivity index (χ3n) is 2.86. The number of aryl methyl sites for hydroxylation is 1. The minimum atomic E-state index is -0.933. The minimum absolute atomic E-state index is 0.0971. The van der Waals surface area contributed by atoms with Gasteiger partial charge >= 0.3 is 5.97 Å². The lowest BCUT2D eigenvalue weighted by Crippen LogP contribution is -2.08. The lowest BCUT2D eigenvalue weighted by Gasteiger charge is -2.11. The Labute approximate surface area is 106 Å². The van der Waals surface area contributed by atoms with Gasteiger partial charge in [0.15, 0.2) is 0 Å². The number of carbonyl (C=O) groups is 1. The molecule has 0 amide bonds. The van der Waals surface area contributed by atoms with Gasteiger partial charge in [0.25, 0.3) is 0 Å². The van der Waals surface area contributed by atoms with Crippen LogP contribution in [0.3, 0.4) is 0 Å². The number of hydrogen-bond donors (Lipinski definition) is 1. The van der Waals surface area contributed by atoms with E-state index >= 15 is 0 Å². The van der Waals surface area contributed by atoms with Crippen LogP contribution in [0.2, 0.25) is 0 Å². The second kappa shape index (κ2) is 4.64. The number of carboxylic acids is 1. The molecule has 2 rings (SSSR count). The van der Waals surface area contributed by atoms with Crippen LogP contribution in [0, 0.1) is 6.92 Å². The van der Waals surface area contributed by atoms with E-state index in [4.69, 9.17) is 5.11 Å². The summed E-state index contributed by atoms with van der Waals surface area (Å²) in [6, 6.07) is 7.86.